The second-order valence-electron chi connectivity index (χ2n) is 4.89. The molecule has 1 N–H and O–H groups in total. The first kappa shape index (κ1) is 13.0. The Morgan fingerprint density at radius 1 is 1.29 bits per heavy atom. The van der Waals surface area contributed by atoms with Gasteiger partial charge in [0.15, 0.2) is 0 Å². The first-order valence-electron chi connectivity index (χ1n) is 5.74. The first-order chi connectivity index (χ1) is 7.87. The van der Waals surface area contributed by atoms with Gasteiger partial charge < -0.3 is 5.32 Å². The average Bonchev–Trinajstić information content (AvgIpc) is 2.19. The minimum Gasteiger partial charge on any atom is -0.309 e. The van der Waals surface area contributed by atoms with Crippen LogP contribution in [0.2, 0.25) is 0 Å². The van der Waals surface area contributed by atoms with E-state index < -0.39 is 5.92 Å². The van der Waals surface area contributed by atoms with Crippen molar-refractivity contribution in [1.82, 2.24) is 5.32 Å². The lowest BCUT2D eigenvalue weighted by Gasteiger charge is -2.35. The van der Waals surface area contributed by atoms with Crippen LogP contribution in [0.4, 0.5) is 8.78 Å². The molecule has 0 saturated heterocycles. The molecule has 4 heteroatoms. The zero-order valence-electron chi connectivity index (χ0n) is 9.99. The van der Waals surface area contributed by atoms with Gasteiger partial charge in [-0.25, -0.2) is 8.78 Å². The van der Waals surface area contributed by atoms with E-state index in [2.05, 4.69) is 33.4 Å². The molecule has 1 aliphatic rings. The molecular weight excluding hydrogens is 288 g/mol. The quantitative estimate of drug-likeness (QED) is 0.891. The van der Waals surface area contributed by atoms with Crippen LogP contribution in [0.5, 0.6) is 0 Å². The molecule has 1 nitrogen and oxygen atoms in total. The minimum absolute atomic E-state index is 0.0263. The molecule has 0 radical (unpaired) electrons. The van der Waals surface area contributed by atoms with Gasteiger partial charge in [-0.2, -0.15) is 0 Å². The summed E-state index contributed by atoms with van der Waals surface area (Å²) in [4.78, 5) is 0. The fourth-order valence-corrected chi connectivity index (χ4v) is 2.43. The maximum Gasteiger partial charge on any atom is 0.251 e. The fraction of sp³-hybridized carbons (Fsp3) is 0.538. The van der Waals surface area contributed by atoms with Gasteiger partial charge in [0.25, 0.3) is 5.92 Å². The van der Waals surface area contributed by atoms with E-state index >= 15 is 0 Å². The maximum absolute atomic E-state index is 12.6. The van der Waals surface area contributed by atoms with E-state index in [1.165, 1.54) is 11.1 Å². The number of hydrogen-bond acceptors (Lipinski definition) is 1. The van der Waals surface area contributed by atoms with Crippen molar-refractivity contribution in [3.05, 3.63) is 33.3 Å². The Bertz CT molecular complexity index is 400. The summed E-state index contributed by atoms with van der Waals surface area (Å²) < 4.78 is 26.4. The van der Waals surface area contributed by atoms with Crippen LogP contribution in [0.3, 0.4) is 0 Å². The smallest absolute Gasteiger partial charge is 0.251 e. The number of aryl methyl sites for hydroxylation is 2. The summed E-state index contributed by atoms with van der Waals surface area (Å²) in [6, 6.07) is 4.14. The molecule has 0 unspecified atom stereocenters. The van der Waals surface area contributed by atoms with Gasteiger partial charge in [0.05, 0.1) is 0 Å². The van der Waals surface area contributed by atoms with Crippen molar-refractivity contribution in [2.45, 2.75) is 45.2 Å². The predicted octanol–water partition coefficient (Wildman–Crippen LogP) is 3.95. The van der Waals surface area contributed by atoms with Crippen molar-refractivity contribution in [3.8, 4) is 0 Å². The van der Waals surface area contributed by atoms with Gasteiger partial charge in [-0.15, -0.1) is 0 Å². The number of alkyl halides is 2. The van der Waals surface area contributed by atoms with Crippen molar-refractivity contribution >= 4 is 15.9 Å². The molecule has 1 aromatic carbocycles. The third-order valence-electron chi connectivity index (χ3n) is 3.18. The number of hydrogen-bond donors (Lipinski definition) is 1. The molecule has 0 aromatic heterocycles. The summed E-state index contributed by atoms with van der Waals surface area (Å²) in [7, 11) is 0. The van der Waals surface area contributed by atoms with Crippen molar-refractivity contribution in [2.24, 2.45) is 0 Å². The Balaban J connectivity index is 1.92. The molecule has 94 valence electrons. The molecule has 0 heterocycles. The molecule has 1 saturated carbocycles. The van der Waals surface area contributed by atoms with Gasteiger partial charge in [-0.05, 0) is 30.5 Å². The van der Waals surface area contributed by atoms with Crippen LogP contribution in [0, 0.1) is 13.8 Å². The number of benzene rings is 1. The van der Waals surface area contributed by atoms with E-state index in [0.717, 1.165) is 10.0 Å². The molecule has 17 heavy (non-hydrogen) atoms. The third kappa shape index (κ3) is 3.05. The number of nitrogens with one attached hydrogen (secondary N) is 1. The van der Waals surface area contributed by atoms with E-state index in [4.69, 9.17) is 0 Å². The normalized spacial score (nSPS) is 19.1. The van der Waals surface area contributed by atoms with Crippen molar-refractivity contribution < 1.29 is 8.78 Å². The lowest BCUT2D eigenvalue weighted by Crippen LogP contribution is -2.48. The molecule has 0 bridgehead atoms. The Morgan fingerprint density at radius 2 is 1.82 bits per heavy atom. The van der Waals surface area contributed by atoms with Crippen LogP contribution in [0.25, 0.3) is 0 Å². The fourth-order valence-electron chi connectivity index (χ4n) is 2.21. The Hall–Kier alpha value is -0.480. The molecule has 1 aliphatic carbocycles. The molecule has 2 rings (SSSR count). The minimum atomic E-state index is -2.44. The highest BCUT2D eigenvalue weighted by atomic mass is 79.9. The van der Waals surface area contributed by atoms with Crippen LogP contribution in [0.15, 0.2) is 16.6 Å². The largest absolute Gasteiger partial charge is 0.309 e. The second kappa shape index (κ2) is 4.65. The highest BCUT2D eigenvalue weighted by Gasteiger charge is 2.44. The monoisotopic (exact) mass is 303 g/mol. The Labute approximate surface area is 109 Å². The van der Waals surface area contributed by atoms with E-state index in [9.17, 15) is 8.78 Å². The van der Waals surface area contributed by atoms with Crippen molar-refractivity contribution in [2.75, 3.05) is 0 Å². The molecular formula is C13H16BrF2N. The average molecular weight is 304 g/mol. The lowest BCUT2D eigenvalue weighted by molar-refractivity contribution is -0.0930. The molecule has 1 aromatic rings. The first-order valence-corrected chi connectivity index (χ1v) is 6.53. The van der Waals surface area contributed by atoms with Gasteiger partial charge in [0.1, 0.15) is 0 Å². The van der Waals surface area contributed by atoms with Gasteiger partial charge in [-0.1, -0.05) is 28.1 Å². The summed E-state index contributed by atoms with van der Waals surface area (Å²) in [6.07, 6.45) is -0.0526. The van der Waals surface area contributed by atoms with Gasteiger partial charge >= 0.3 is 0 Å². The predicted molar refractivity (Wildman–Crippen MR) is 68.4 cm³/mol. The molecule has 0 atom stereocenters. The SMILES string of the molecule is Cc1cc(CNC2CC(F)(F)C2)cc(C)c1Br. The highest BCUT2D eigenvalue weighted by molar-refractivity contribution is 9.10. The summed E-state index contributed by atoms with van der Waals surface area (Å²) in [5.74, 6) is -2.44. The van der Waals surface area contributed by atoms with Gasteiger partial charge in [0, 0.05) is 29.9 Å². The highest BCUT2D eigenvalue weighted by Crippen LogP contribution is 2.37. The number of rotatable bonds is 3. The lowest BCUT2D eigenvalue weighted by atomic mass is 9.88. The third-order valence-corrected chi connectivity index (χ3v) is 4.43. The molecule has 1 fully saturated rings. The molecule has 0 amide bonds. The Kier molecular flexibility index (Phi) is 3.55. The van der Waals surface area contributed by atoms with E-state index in [-0.39, 0.29) is 18.9 Å². The summed E-state index contributed by atoms with van der Waals surface area (Å²) in [5, 5.41) is 3.17. The van der Waals surface area contributed by atoms with Crippen LogP contribution < -0.4 is 5.32 Å². The van der Waals surface area contributed by atoms with E-state index in [0.29, 0.717) is 6.54 Å². The van der Waals surface area contributed by atoms with Gasteiger partial charge in [-0.3, -0.25) is 0 Å². The Morgan fingerprint density at radius 3 is 2.29 bits per heavy atom. The van der Waals surface area contributed by atoms with Crippen molar-refractivity contribution in [3.63, 3.8) is 0 Å². The molecule has 0 spiro atoms. The van der Waals surface area contributed by atoms with Crippen LogP contribution in [0.1, 0.15) is 29.5 Å². The standard InChI is InChI=1S/C13H16BrF2N/c1-8-3-10(4-9(2)12(8)14)7-17-11-5-13(15,16)6-11/h3-4,11,17H,5-7H2,1-2H3. The van der Waals surface area contributed by atoms with E-state index in [1.54, 1.807) is 0 Å². The maximum atomic E-state index is 12.6. The van der Waals surface area contributed by atoms with E-state index in [1.807, 2.05) is 13.8 Å². The summed E-state index contributed by atoms with van der Waals surface area (Å²) in [6.45, 7) is 4.74. The topological polar surface area (TPSA) is 12.0 Å². The van der Waals surface area contributed by atoms with Crippen LogP contribution >= 0.6 is 15.9 Å². The van der Waals surface area contributed by atoms with Gasteiger partial charge in [0.2, 0.25) is 0 Å². The van der Waals surface area contributed by atoms with Crippen LogP contribution in [-0.4, -0.2) is 12.0 Å². The zero-order chi connectivity index (χ0) is 12.6. The van der Waals surface area contributed by atoms with Crippen molar-refractivity contribution in [1.29, 1.82) is 0 Å². The zero-order valence-corrected chi connectivity index (χ0v) is 11.6. The summed E-state index contributed by atoms with van der Waals surface area (Å²) in [5.41, 5.74) is 3.51. The van der Waals surface area contributed by atoms with Crippen LogP contribution in [-0.2, 0) is 6.54 Å². The number of halogens is 3. The molecule has 0 aliphatic heterocycles. The second-order valence-corrected chi connectivity index (χ2v) is 5.68. The summed E-state index contributed by atoms with van der Waals surface area (Å²) >= 11 is 3.51.